The zero-order valence-electron chi connectivity index (χ0n) is 18.4. The first-order valence-corrected chi connectivity index (χ1v) is 12.1. The van der Waals surface area contributed by atoms with Crippen LogP contribution in [-0.2, 0) is 27.9 Å². The number of benzene rings is 3. The second kappa shape index (κ2) is 10.3. The maximum absolute atomic E-state index is 13.7. The number of amides is 1. The van der Waals surface area contributed by atoms with Gasteiger partial charge in [0, 0.05) is 18.1 Å². The van der Waals surface area contributed by atoms with Crippen LogP contribution < -0.4 is 5.32 Å². The highest BCUT2D eigenvalue weighted by Gasteiger charge is 2.30. The number of sulfonamides is 1. The summed E-state index contributed by atoms with van der Waals surface area (Å²) >= 11 is 6.16. The van der Waals surface area contributed by atoms with E-state index in [2.05, 4.69) is 5.32 Å². The van der Waals surface area contributed by atoms with Gasteiger partial charge in [-0.25, -0.2) is 8.42 Å². The number of rotatable bonds is 8. The predicted molar refractivity (Wildman–Crippen MR) is 128 cm³/mol. The number of carbonyl (C=O) groups is 1. The lowest BCUT2D eigenvalue weighted by molar-refractivity contribution is -0.121. The summed E-state index contributed by atoms with van der Waals surface area (Å²) in [7, 11) is -3.92. The molecule has 0 saturated carbocycles. The molecule has 3 aromatic rings. The van der Waals surface area contributed by atoms with Crippen LogP contribution in [0.4, 0.5) is 0 Å². The number of nitrogens with one attached hydrogen (secondary N) is 1. The molecule has 3 rings (SSSR count). The quantitative estimate of drug-likeness (QED) is 0.515. The summed E-state index contributed by atoms with van der Waals surface area (Å²) in [5.41, 5.74) is 3.89. The molecule has 5 nitrogen and oxygen atoms in total. The number of hydrogen-bond acceptors (Lipinski definition) is 3. The van der Waals surface area contributed by atoms with Gasteiger partial charge in [-0.15, -0.1) is 0 Å². The molecule has 0 aromatic heterocycles. The molecule has 7 heteroatoms. The molecule has 1 amide bonds. The topological polar surface area (TPSA) is 66.5 Å². The van der Waals surface area contributed by atoms with Crippen molar-refractivity contribution in [3.63, 3.8) is 0 Å². The second-order valence-electron chi connectivity index (χ2n) is 7.85. The third-order valence-electron chi connectivity index (χ3n) is 5.16. The molecule has 0 radical (unpaired) electrons. The van der Waals surface area contributed by atoms with Gasteiger partial charge in [0.2, 0.25) is 15.9 Å². The van der Waals surface area contributed by atoms with Crippen molar-refractivity contribution in [3.8, 4) is 0 Å². The van der Waals surface area contributed by atoms with Crippen molar-refractivity contribution in [2.75, 3.05) is 6.54 Å². The van der Waals surface area contributed by atoms with Crippen molar-refractivity contribution in [2.45, 2.75) is 38.8 Å². The van der Waals surface area contributed by atoms with Crippen LogP contribution in [0.5, 0.6) is 0 Å². The molecule has 0 bridgehead atoms. The van der Waals surface area contributed by atoms with Gasteiger partial charge in [0.25, 0.3) is 0 Å². The Hall–Kier alpha value is -2.67. The Balaban J connectivity index is 1.88. The van der Waals surface area contributed by atoms with Crippen LogP contribution in [0.2, 0.25) is 5.02 Å². The molecule has 0 spiro atoms. The maximum Gasteiger partial charge on any atom is 0.244 e. The van der Waals surface area contributed by atoms with Crippen molar-refractivity contribution in [1.82, 2.24) is 9.62 Å². The van der Waals surface area contributed by atoms with Crippen LogP contribution in [-0.4, -0.2) is 25.2 Å². The molecule has 0 heterocycles. The maximum atomic E-state index is 13.7. The summed E-state index contributed by atoms with van der Waals surface area (Å²) in [6, 6.07) is 20.2. The summed E-state index contributed by atoms with van der Waals surface area (Å²) in [5.74, 6) is -0.396. The highest BCUT2D eigenvalue weighted by atomic mass is 35.5. The minimum absolute atomic E-state index is 0.0927. The van der Waals surface area contributed by atoms with Gasteiger partial charge in [0.1, 0.15) is 0 Å². The lowest BCUT2D eigenvalue weighted by Gasteiger charge is -2.24. The van der Waals surface area contributed by atoms with Gasteiger partial charge in [0.15, 0.2) is 0 Å². The van der Waals surface area contributed by atoms with Crippen molar-refractivity contribution in [1.29, 1.82) is 0 Å². The Labute approximate surface area is 195 Å². The highest BCUT2D eigenvalue weighted by Crippen LogP contribution is 2.26. The van der Waals surface area contributed by atoms with Gasteiger partial charge >= 0.3 is 0 Å². The van der Waals surface area contributed by atoms with Gasteiger partial charge in [-0.2, -0.15) is 4.31 Å². The van der Waals surface area contributed by atoms with Crippen LogP contribution >= 0.6 is 11.6 Å². The number of nitrogens with zero attached hydrogens (tertiary/aromatic N) is 1. The molecule has 1 N–H and O–H groups in total. The molecule has 32 heavy (non-hydrogen) atoms. The lowest BCUT2D eigenvalue weighted by atomic mass is 10.1. The average Bonchev–Trinajstić information content (AvgIpc) is 2.72. The fourth-order valence-electron chi connectivity index (χ4n) is 3.77. The van der Waals surface area contributed by atoms with Gasteiger partial charge in [0.05, 0.1) is 11.4 Å². The number of carbonyl (C=O) groups excluding carboxylic acids is 1. The standard InChI is InChI=1S/C25H27ClN2O3S/c1-18-13-19(2)25(20(3)14-18)32(30,31)28(16-21-9-5-4-6-10-21)17-24(29)27-15-22-11-7-8-12-23(22)26/h4-14H,15-17H2,1-3H3,(H,27,29). The van der Waals surface area contributed by atoms with Crippen molar-refractivity contribution in [3.05, 3.63) is 99.6 Å². The van der Waals surface area contributed by atoms with Crippen molar-refractivity contribution >= 4 is 27.5 Å². The Kier molecular flexibility index (Phi) is 7.72. The molecule has 0 fully saturated rings. The smallest absolute Gasteiger partial charge is 0.244 e. The van der Waals surface area contributed by atoms with Crippen molar-refractivity contribution < 1.29 is 13.2 Å². The number of halogens is 1. The average molecular weight is 471 g/mol. The van der Waals surface area contributed by atoms with Crippen LogP contribution in [0.15, 0.2) is 71.6 Å². The molecule has 0 aliphatic rings. The molecule has 0 atom stereocenters. The highest BCUT2D eigenvalue weighted by molar-refractivity contribution is 7.89. The minimum Gasteiger partial charge on any atom is -0.351 e. The number of hydrogen-bond donors (Lipinski definition) is 1. The van der Waals surface area contributed by atoms with E-state index >= 15 is 0 Å². The van der Waals surface area contributed by atoms with E-state index in [0.717, 1.165) is 16.7 Å². The van der Waals surface area contributed by atoms with E-state index in [1.807, 2.05) is 67.6 Å². The third-order valence-corrected chi connectivity index (χ3v) is 7.62. The predicted octanol–water partition coefficient (Wildman–Crippen LogP) is 4.77. The first-order valence-electron chi connectivity index (χ1n) is 10.3. The van der Waals surface area contributed by atoms with E-state index in [0.29, 0.717) is 16.1 Å². The first kappa shape index (κ1) is 24.0. The number of aryl methyl sites for hydroxylation is 3. The Morgan fingerprint density at radius 3 is 2.16 bits per heavy atom. The van der Waals surface area contributed by atoms with Crippen molar-refractivity contribution in [2.24, 2.45) is 0 Å². The Morgan fingerprint density at radius 1 is 0.938 bits per heavy atom. The SMILES string of the molecule is Cc1cc(C)c(S(=O)(=O)N(CC(=O)NCc2ccccc2Cl)Cc2ccccc2)c(C)c1. The Morgan fingerprint density at radius 2 is 1.53 bits per heavy atom. The lowest BCUT2D eigenvalue weighted by Crippen LogP contribution is -2.40. The fraction of sp³-hybridized carbons (Fsp3) is 0.240. The molecule has 0 aliphatic heterocycles. The summed E-state index contributed by atoms with van der Waals surface area (Å²) in [6.07, 6.45) is 0. The molecule has 168 valence electrons. The zero-order chi connectivity index (χ0) is 23.3. The van der Waals surface area contributed by atoms with E-state index in [1.54, 1.807) is 19.9 Å². The molecular weight excluding hydrogens is 444 g/mol. The van der Waals surface area contributed by atoms with Crippen LogP contribution in [0, 0.1) is 20.8 Å². The molecule has 0 aliphatic carbocycles. The largest absolute Gasteiger partial charge is 0.351 e. The molecule has 0 saturated heterocycles. The fourth-order valence-corrected chi connectivity index (χ4v) is 5.77. The normalized spacial score (nSPS) is 11.5. The van der Waals surface area contributed by atoms with Gasteiger partial charge in [-0.1, -0.05) is 77.8 Å². The summed E-state index contributed by atoms with van der Waals surface area (Å²) < 4.78 is 28.6. The molecule has 3 aromatic carbocycles. The van der Waals surface area contributed by atoms with Crippen LogP contribution in [0.3, 0.4) is 0 Å². The summed E-state index contributed by atoms with van der Waals surface area (Å²) in [5, 5.41) is 3.34. The van der Waals surface area contributed by atoms with E-state index in [9.17, 15) is 13.2 Å². The minimum atomic E-state index is -3.92. The summed E-state index contributed by atoms with van der Waals surface area (Å²) in [6.45, 7) is 5.51. The van der Waals surface area contributed by atoms with E-state index in [1.165, 1.54) is 4.31 Å². The van der Waals surface area contributed by atoms with Gasteiger partial charge < -0.3 is 5.32 Å². The Bertz CT molecular complexity index is 1190. The van der Waals surface area contributed by atoms with E-state index in [-0.39, 0.29) is 24.5 Å². The van der Waals surface area contributed by atoms with E-state index < -0.39 is 15.9 Å². The summed E-state index contributed by atoms with van der Waals surface area (Å²) in [4.78, 5) is 13.0. The van der Waals surface area contributed by atoms with E-state index in [4.69, 9.17) is 11.6 Å². The monoisotopic (exact) mass is 470 g/mol. The molecule has 0 unspecified atom stereocenters. The zero-order valence-corrected chi connectivity index (χ0v) is 20.0. The first-order chi connectivity index (χ1) is 15.2. The van der Waals surface area contributed by atoms with Crippen LogP contribution in [0.25, 0.3) is 0 Å². The van der Waals surface area contributed by atoms with Crippen LogP contribution in [0.1, 0.15) is 27.8 Å². The van der Waals surface area contributed by atoms with Gasteiger partial charge in [-0.05, 0) is 49.1 Å². The molecular formula is C25H27ClN2O3S. The second-order valence-corrected chi connectivity index (χ2v) is 10.1. The van der Waals surface area contributed by atoms with Gasteiger partial charge in [-0.3, -0.25) is 4.79 Å². The third kappa shape index (κ3) is 5.76.